The van der Waals surface area contributed by atoms with Crippen LogP contribution in [0.25, 0.3) is 0 Å². The first kappa shape index (κ1) is 61.1. The summed E-state index contributed by atoms with van der Waals surface area (Å²) in [5.74, 6) is 1.67. The number of ether oxygens (including phenoxy) is 3. The third kappa shape index (κ3) is 18.8. The number of hydrogen-bond acceptors (Lipinski definition) is 12. The third-order valence-electron chi connectivity index (χ3n) is 16.2. The molecule has 0 aliphatic heterocycles. The first-order chi connectivity index (χ1) is 36.9. The highest BCUT2D eigenvalue weighted by molar-refractivity contribution is 5.77. The smallest absolute Gasteiger partial charge is 0.407 e. The van der Waals surface area contributed by atoms with Crippen LogP contribution in [0.1, 0.15) is 165 Å². The van der Waals surface area contributed by atoms with Crippen molar-refractivity contribution in [1.82, 2.24) is 61.2 Å². The molecule has 78 heavy (non-hydrogen) atoms. The lowest BCUT2D eigenvalue weighted by Gasteiger charge is -2.36. The Morgan fingerprint density at radius 1 is 0.474 bits per heavy atom. The molecule has 0 spiro atoms. The molecule has 0 aromatic carbocycles. The van der Waals surface area contributed by atoms with Gasteiger partial charge in [0.25, 0.3) is 0 Å². The Kier molecular flexibility index (Phi) is 21.6. The molecule has 3 heterocycles. The zero-order valence-corrected chi connectivity index (χ0v) is 48.6. The Labute approximate surface area is 461 Å². The van der Waals surface area contributed by atoms with E-state index in [0.29, 0.717) is 69.1 Å². The molecule has 21 heteroatoms. The van der Waals surface area contributed by atoms with E-state index < -0.39 is 34.8 Å². The Morgan fingerprint density at radius 2 is 0.769 bits per heavy atom. The predicted octanol–water partition coefficient (Wildman–Crippen LogP) is 9.53. The van der Waals surface area contributed by atoms with Gasteiger partial charge in [-0.1, -0.05) is 39.0 Å². The van der Waals surface area contributed by atoms with Gasteiger partial charge in [0.2, 0.25) is 0 Å². The van der Waals surface area contributed by atoms with Crippen molar-refractivity contribution in [2.24, 2.45) is 40.9 Å². The van der Waals surface area contributed by atoms with Crippen molar-refractivity contribution in [2.75, 3.05) is 46.0 Å². The number of hydrogen-bond donors (Lipinski definition) is 6. The summed E-state index contributed by atoms with van der Waals surface area (Å²) in [7, 11) is 0. The van der Waals surface area contributed by atoms with Crippen LogP contribution in [0, 0.1) is 82.5 Å². The molecule has 3 fully saturated rings. The topological polar surface area (TPSA) is 256 Å². The molecule has 21 nitrogen and oxygen atoms in total. The van der Waals surface area contributed by atoms with E-state index in [2.05, 4.69) is 47.2 Å². The van der Waals surface area contributed by atoms with E-state index >= 15 is 0 Å². The molecular formula is C57H92N12O9. The molecule has 3 aromatic heterocycles. The lowest BCUT2D eigenvalue weighted by molar-refractivity contribution is -0.0202. The molecule has 6 atom stereocenters. The number of nitrogens with zero attached hydrogens (tertiary/aromatic N) is 6. The minimum Gasteiger partial charge on any atom is -0.449 e. The van der Waals surface area contributed by atoms with Crippen molar-refractivity contribution >= 4 is 36.4 Å². The minimum absolute atomic E-state index is 0.187. The van der Waals surface area contributed by atoms with Crippen LogP contribution in [-0.4, -0.2) is 123 Å². The predicted molar refractivity (Wildman–Crippen MR) is 296 cm³/mol. The maximum absolute atomic E-state index is 13.7. The van der Waals surface area contributed by atoms with Crippen molar-refractivity contribution in [3.8, 4) is 0 Å². The van der Waals surface area contributed by atoms with E-state index in [1.165, 1.54) is 14.0 Å². The second-order valence-corrected chi connectivity index (χ2v) is 24.7. The van der Waals surface area contributed by atoms with Gasteiger partial charge in [0.1, 0.15) is 19.8 Å². The van der Waals surface area contributed by atoms with Gasteiger partial charge in [0.05, 0.1) is 22.5 Å². The Morgan fingerprint density at radius 3 is 1.08 bits per heavy atom. The fraction of sp³-hybridized carbons (Fsp3) is 0.737. The maximum Gasteiger partial charge on any atom is 0.407 e. The summed E-state index contributed by atoms with van der Waals surface area (Å²) in [5.41, 5.74) is 2.36. The molecule has 0 radical (unpaired) electrons. The van der Waals surface area contributed by atoms with Gasteiger partial charge >= 0.3 is 36.4 Å². The van der Waals surface area contributed by atoms with Crippen molar-refractivity contribution in [2.45, 2.75) is 184 Å². The maximum atomic E-state index is 13.7. The standard InChI is InChI=1S/C57H92N12O9/c1-12-57(34-76-52(73)61-33-48-21-15-20-47(27-48)32-60-51(72)69-42(7)24-39(4)66-69,35-77-53(74)62-55(8,9)28-43-16-13-18-45(25-43)30-58-49(70)67-40(5)22-37(2)64-67)36-78-54(75)63-56(10,11)29-44-17-14-19-46(26-44)31-59-50(71)68-41(6)23-38(3)65-68/h22-24,43-48H,12-21,25-36H2,1-11H3,(H,58,70)(H,59,71)(H,60,72)(H,61,73)(H,62,74)(H,63,75). The number of rotatable bonds is 21. The summed E-state index contributed by atoms with van der Waals surface area (Å²) in [6.07, 6.45) is 11.4. The second-order valence-electron chi connectivity index (χ2n) is 24.7. The van der Waals surface area contributed by atoms with Crippen molar-refractivity contribution in [3.63, 3.8) is 0 Å². The average Bonchev–Trinajstić information content (AvgIpc) is 4.04. The Hall–Kier alpha value is -6.15. The number of aromatic nitrogens is 6. The molecule has 3 aliphatic rings. The van der Waals surface area contributed by atoms with Gasteiger partial charge in [0.15, 0.2) is 0 Å². The zero-order valence-electron chi connectivity index (χ0n) is 48.6. The molecule has 6 rings (SSSR count). The monoisotopic (exact) mass is 1090 g/mol. The lowest BCUT2D eigenvalue weighted by Crippen LogP contribution is -2.49. The highest BCUT2D eigenvalue weighted by atomic mass is 16.6. The zero-order chi connectivity index (χ0) is 56.8. The highest BCUT2D eigenvalue weighted by Crippen LogP contribution is 2.36. The number of nitrogens with one attached hydrogen (secondary N) is 6. The van der Waals surface area contributed by atoms with Gasteiger partial charge in [-0.05, 0) is 187 Å². The summed E-state index contributed by atoms with van der Waals surface area (Å²) in [4.78, 5) is 79.4. The van der Waals surface area contributed by atoms with Crippen LogP contribution in [0.15, 0.2) is 18.2 Å². The number of aryl methyl sites for hydroxylation is 6. The number of amides is 6. The fourth-order valence-corrected chi connectivity index (χ4v) is 12.3. The molecule has 3 aliphatic carbocycles. The molecule has 3 aromatic rings. The van der Waals surface area contributed by atoms with Crippen LogP contribution in [0.4, 0.5) is 28.8 Å². The molecule has 6 N–H and O–H groups in total. The fourth-order valence-electron chi connectivity index (χ4n) is 12.3. The van der Waals surface area contributed by atoms with Gasteiger partial charge in [-0.2, -0.15) is 29.3 Å². The molecule has 0 bridgehead atoms. The summed E-state index contributed by atoms with van der Waals surface area (Å²) >= 11 is 0. The summed E-state index contributed by atoms with van der Waals surface area (Å²) in [6, 6.07) is 4.89. The Bertz CT molecular complexity index is 2400. The van der Waals surface area contributed by atoms with Crippen molar-refractivity contribution < 1.29 is 43.0 Å². The van der Waals surface area contributed by atoms with Gasteiger partial charge in [-0.15, -0.1) is 0 Å². The van der Waals surface area contributed by atoms with E-state index in [1.54, 1.807) is 0 Å². The van der Waals surface area contributed by atoms with Crippen LogP contribution in [0.5, 0.6) is 0 Å². The SMILES string of the molecule is CCC(COC(=O)NCC1CCCC(CNC(=O)n2nc(C)cc2C)C1)(COC(=O)NC(C)(C)CC1CCCC(CNC(=O)n2nc(C)cc2C)C1)COC(=O)NC(C)(C)CC1CCCC(CNC(=O)n2nc(C)cc2C)C1. The Balaban J connectivity index is 1.01. The molecule has 6 amide bonds. The number of alkyl carbamates (subject to hydrolysis) is 3. The quantitative estimate of drug-likeness (QED) is 0.0545. The normalized spacial score (nSPS) is 21.6. The first-order valence-corrected chi connectivity index (χ1v) is 28.6. The van der Waals surface area contributed by atoms with E-state index in [-0.39, 0.29) is 49.7 Å². The van der Waals surface area contributed by atoms with E-state index in [0.717, 1.165) is 111 Å². The van der Waals surface area contributed by atoms with E-state index in [4.69, 9.17) is 14.2 Å². The van der Waals surface area contributed by atoms with Crippen molar-refractivity contribution in [3.05, 3.63) is 52.4 Å². The van der Waals surface area contributed by atoms with Crippen LogP contribution in [-0.2, 0) is 14.2 Å². The highest BCUT2D eigenvalue weighted by Gasteiger charge is 2.38. The largest absolute Gasteiger partial charge is 0.449 e. The van der Waals surface area contributed by atoms with Crippen LogP contribution in [0.2, 0.25) is 0 Å². The summed E-state index contributed by atoms with van der Waals surface area (Å²) < 4.78 is 22.0. The number of carbonyl (C=O) groups excluding carboxylic acids is 6. The molecule has 0 saturated heterocycles. The lowest BCUT2D eigenvalue weighted by atomic mass is 9.76. The first-order valence-electron chi connectivity index (χ1n) is 28.6. The second kappa shape index (κ2) is 27.6. The number of carbonyl (C=O) groups is 6. The van der Waals surface area contributed by atoms with Crippen molar-refractivity contribution in [1.29, 1.82) is 0 Å². The van der Waals surface area contributed by atoms with Gasteiger partial charge in [-0.25, -0.2) is 28.8 Å². The van der Waals surface area contributed by atoms with Gasteiger partial charge in [0, 0.05) is 54.3 Å². The van der Waals surface area contributed by atoms with E-state index in [9.17, 15) is 28.8 Å². The third-order valence-corrected chi connectivity index (χ3v) is 16.2. The summed E-state index contributed by atoms with van der Waals surface area (Å²) in [5, 5.41) is 31.1. The minimum atomic E-state index is -1.08. The molecule has 434 valence electrons. The average molecular weight is 1090 g/mol. The van der Waals surface area contributed by atoms with Gasteiger partial charge < -0.3 is 46.1 Å². The summed E-state index contributed by atoms with van der Waals surface area (Å²) in [6.45, 7) is 22.4. The van der Waals surface area contributed by atoms with Crippen LogP contribution in [0.3, 0.4) is 0 Å². The van der Waals surface area contributed by atoms with Crippen LogP contribution < -0.4 is 31.9 Å². The molecular weight excluding hydrogens is 997 g/mol. The van der Waals surface area contributed by atoms with Gasteiger partial charge in [-0.3, -0.25) is 0 Å². The molecule has 6 unspecified atom stereocenters. The van der Waals surface area contributed by atoms with E-state index in [1.807, 2.05) is 94.4 Å². The molecule has 3 saturated carbocycles. The van der Waals surface area contributed by atoms with Crippen LogP contribution >= 0.6 is 0 Å².